The van der Waals surface area contributed by atoms with Crippen LogP contribution in [0.5, 0.6) is 11.5 Å². The first kappa shape index (κ1) is 15.6. The molecule has 0 radical (unpaired) electrons. The standard InChI is InChI=1S/C16H12BrClO3/c1-10-2-3-11(4-7-16(19)20)8-15(10)21-14-6-5-12(17)9-13(14)18/h2-9H,1H3,(H,19,20)/b7-4+. The highest BCUT2D eigenvalue weighted by molar-refractivity contribution is 9.10. The lowest BCUT2D eigenvalue weighted by Crippen LogP contribution is -1.90. The van der Waals surface area contributed by atoms with Crippen LogP contribution >= 0.6 is 27.5 Å². The predicted molar refractivity (Wildman–Crippen MR) is 87.1 cm³/mol. The van der Waals surface area contributed by atoms with Crippen LogP contribution in [0.3, 0.4) is 0 Å². The first-order valence-corrected chi connectivity index (χ1v) is 7.27. The number of carbonyl (C=O) groups is 1. The van der Waals surface area contributed by atoms with E-state index >= 15 is 0 Å². The van der Waals surface area contributed by atoms with Crippen LogP contribution in [0.25, 0.3) is 6.08 Å². The Morgan fingerprint density at radius 2 is 2.00 bits per heavy atom. The van der Waals surface area contributed by atoms with Gasteiger partial charge in [0.05, 0.1) is 5.02 Å². The highest BCUT2D eigenvalue weighted by Gasteiger charge is 2.07. The van der Waals surface area contributed by atoms with Gasteiger partial charge in [0, 0.05) is 10.5 Å². The third kappa shape index (κ3) is 4.34. The van der Waals surface area contributed by atoms with E-state index in [0.717, 1.165) is 21.7 Å². The van der Waals surface area contributed by atoms with Gasteiger partial charge in [-0.25, -0.2) is 4.79 Å². The zero-order valence-corrected chi connectivity index (χ0v) is 13.5. The molecule has 1 N–H and O–H groups in total. The normalized spacial score (nSPS) is 10.8. The van der Waals surface area contributed by atoms with Crippen molar-refractivity contribution in [2.75, 3.05) is 0 Å². The molecule has 0 aliphatic rings. The van der Waals surface area contributed by atoms with Crippen LogP contribution in [0.4, 0.5) is 0 Å². The van der Waals surface area contributed by atoms with Crippen LogP contribution in [-0.2, 0) is 4.79 Å². The van der Waals surface area contributed by atoms with Crippen molar-refractivity contribution in [2.45, 2.75) is 6.92 Å². The van der Waals surface area contributed by atoms with Gasteiger partial charge in [-0.2, -0.15) is 0 Å². The number of carboxylic acids is 1. The molecule has 2 aromatic rings. The van der Waals surface area contributed by atoms with Crippen molar-refractivity contribution in [3.05, 3.63) is 63.1 Å². The molecule has 0 spiro atoms. The Morgan fingerprint density at radius 1 is 1.24 bits per heavy atom. The summed E-state index contributed by atoms with van der Waals surface area (Å²) in [6, 6.07) is 10.8. The van der Waals surface area contributed by atoms with Crippen LogP contribution in [0, 0.1) is 6.92 Å². The molecule has 0 bridgehead atoms. The van der Waals surface area contributed by atoms with Crippen LogP contribution in [0.15, 0.2) is 46.9 Å². The molecule has 0 aliphatic carbocycles. The Balaban J connectivity index is 2.30. The maximum absolute atomic E-state index is 10.6. The molecule has 0 unspecified atom stereocenters. The minimum Gasteiger partial charge on any atom is -0.478 e. The second kappa shape index (κ2) is 6.78. The van der Waals surface area contributed by atoms with Crippen molar-refractivity contribution >= 4 is 39.6 Å². The van der Waals surface area contributed by atoms with Gasteiger partial charge in [0.25, 0.3) is 0 Å². The van der Waals surface area contributed by atoms with E-state index in [1.807, 2.05) is 25.1 Å². The molecule has 0 saturated carbocycles. The fourth-order valence-electron chi connectivity index (χ4n) is 1.67. The summed E-state index contributed by atoms with van der Waals surface area (Å²) >= 11 is 9.46. The van der Waals surface area contributed by atoms with Crippen molar-refractivity contribution in [1.29, 1.82) is 0 Å². The monoisotopic (exact) mass is 366 g/mol. The zero-order chi connectivity index (χ0) is 15.4. The third-order valence-electron chi connectivity index (χ3n) is 2.74. The number of carboxylic acid groups (broad SMARTS) is 1. The second-order valence-corrected chi connectivity index (χ2v) is 5.70. The molecule has 5 heteroatoms. The van der Waals surface area contributed by atoms with Crippen LogP contribution < -0.4 is 4.74 Å². The number of aryl methyl sites for hydroxylation is 1. The van der Waals surface area contributed by atoms with Crippen molar-refractivity contribution in [1.82, 2.24) is 0 Å². The average Bonchev–Trinajstić information content (AvgIpc) is 2.42. The smallest absolute Gasteiger partial charge is 0.328 e. The SMILES string of the molecule is Cc1ccc(/C=C/C(=O)O)cc1Oc1ccc(Br)cc1Cl. The molecule has 0 saturated heterocycles. The third-order valence-corrected chi connectivity index (χ3v) is 3.53. The largest absolute Gasteiger partial charge is 0.478 e. The van der Waals surface area contributed by atoms with Gasteiger partial charge in [-0.15, -0.1) is 0 Å². The van der Waals surface area contributed by atoms with E-state index in [-0.39, 0.29) is 0 Å². The summed E-state index contributed by atoms with van der Waals surface area (Å²) in [6.07, 6.45) is 2.60. The lowest BCUT2D eigenvalue weighted by Gasteiger charge is -2.11. The first-order valence-electron chi connectivity index (χ1n) is 6.10. The van der Waals surface area contributed by atoms with Gasteiger partial charge in [-0.05, 0) is 48.4 Å². The molecule has 0 heterocycles. The van der Waals surface area contributed by atoms with Crippen LogP contribution in [-0.4, -0.2) is 11.1 Å². The topological polar surface area (TPSA) is 46.5 Å². The van der Waals surface area contributed by atoms with Gasteiger partial charge in [0.15, 0.2) is 0 Å². The van der Waals surface area contributed by atoms with Gasteiger partial charge in [0.2, 0.25) is 0 Å². The minimum atomic E-state index is -0.992. The molecule has 0 aliphatic heterocycles. The molecular weight excluding hydrogens is 356 g/mol. The molecule has 0 aromatic heterocycles. The Bertz CT molecular complexity index is 711. The number of ether oxygens (including phenoxy) is 1. The van der Waals surface area contributed by atoms with E-state index in [9.17, 15) is 4.79 Å². The Morgan fingerprint density at radius 3 is 2.67 bits per heavy atom. The predicted octanol–water partition coefficient (Wildman–Crippen LogP) is 5.30. The summed E-state index contributed by atoms with van der Waals surface area (Å²) in [6.45, 7) is 1.91. The fourth-order valence-corrected chi connectivity index (χ4v) is 2.39. The van der Waals surface area contributed by atoms with E-state index in [2.05, 4.69) is 15.9 Å². The van der Waals surface area contributed by atoms with E-state index in [0.29, 0.717) is 16.5 Å². The molecule has 0 fully saturated rings. The van der Waals surface area contributed by atoms with Crippen molar-refractivity contribution < 1.29 is 14.6 Å². The van der Waals surface area contributed by atoms with E-state index in [1.165, 1.54) is 6.08 Å². The molecule has 21 heavy (non-hydrogen) atoms. The first-order chi connectivity index (χ1) is 9.95. The highest BCUT2D eigenvalue weighted by Crippen LogP contribution is 2.33. The molecule has 3 nitrogen and oxygen atoms in total. The summed E-state index contributed by atoms with van der Waals surface area (Å²) in [5.74, 6) is 0.183. The molecule has 0 amide bonds. The minimum absolute atomic E-state index is 0.496. The number of hydrogen-bond acceptors (Lipinski definition) is 2. The van der Waals surface area contributed by atoms with Gasteiger partial charge in [-0.1, -0.05) is 39.7 Å². The maximum atomic E-state index is 10.6. The Kier molecular flexibility index (Phi) is 5.04. The lowest BCUT2D eigenvalue weighted by molar-refractivity contribution is -0.131. The fraction of sp³-hybridized carbons (Fsp3) is 0.0625. The van der Waals surface area contributed by atoms with Gasteiger partial charge in [0.1, 0.15) is 11.5 Å². The highest BCUT2D eigenvalue weighted by atomic mass is 79.9. The molecule has 2 aromatic carbocycles. The van der Waals surface area contributed by atoms with Crippen LogP contribution in [0.2, 0.25) is 5.02 Å². The number of hydrogen-bond donors (Lipinski definition) is 1. The summed E-state index contributed by atoms with van der Waals surface area (Å²) in [7, 11) is 0. The molecule has 108 valence electrons. The zero-order valence-electron chi connectivity index (χ0n) is 11.1. The van der Waals surface area contributed by atoms with Gasteiger partial charge >= 0.3 is 5.97 Å². The maximum Gasteiger partial charge on any atom is 0.328 e. The van der Waals surface area contributed by atoms with Crippen LogP contribution in [0.1, 0.15) is 11.1 Å². The van der Waals surface area contributed by atoms with E-state index in [1.54, 1.807) is 18.2 Å². The summed E-state index contributed by atoms with van der Waals surface area (Å²) in [5, 5.41) is 9.15. The van der Waals surface area contributed by atoms with Crippen molar-refractivity contribution in [3.63, 3.8) is 0 Å². The molecule has 2 rings (SSSR count). The quantitative estimate of drug-likeness (QED) is 0.746. The number of rotatable bonds is 4. The van der Waals surface area contributed by atoms with Gasteiger partial charge < -0.3 is 9.84 Å². The Hall–Kier alpha value is -1.78. The van der Waals surface area contributed by atoms with Crippen molar-refractivity contribution in [2.24, 2.45) is 0 Å². The summed E-state index contributed by atoms with van der Waals surface area (Å²) in [4.78, 5) is 10.6. The number of halogens is 2. The number of aliphatic carboxylic acids is 1. The van der Waals surface area contributed by atoms with Gasteiger partial charge in [-0.3, -0.25) is 0 Å². The molecule has 0 atom stereocenters. The second-order valence-electron chi connectivity index (χ2n) is 4.37. The summed E-state index contributed by atoms with van der Waals surface area (Å²) in [5.41, 5.74) is 1.67. The van der Waals surface area contributed by atoms with Crippen molar-refractivity contribution in [3.8, 4) is 11.5 Å². The van der Waals surface area contributed by atoms with E-state index in [4.69, 9.17) is 21.4 Å². The molecular formula is C16H12BrClO3. The Labute approximate surface area is 135 Å². The number of benzene rings is 2. The lowest BCUT2D eigenvalue weighted by atomic mass is 10.1. The summed E-state index contributed by atoms with van der Waals surface area (Å²) < 4.78 is 6.68. The average molecular weight is 368 g/mol. The van der Waals surface area contributed by atoms with E-state index < -0.39 is 5.97 Å².